The molecule has 4 rings (SSSR count). The highest BCUT2D eigenvalue weighted by Gasteiger charge is 2.28. The minimum Gasteiger partial charge on any atom is -0.361 e. The first-order valence-corrected chi connectivity index (χ1v) is 10.4. The summed E-state index contributed by atoms with van der Waals surface area (Å²) >= 11 is 0. The molecule has 2 aromatic carbocycles. The van der Waals surface area contributed by atoms with E-state index < -0.39 is 10.0 Å². The number of nitrogens with zero attached hydrogens (tertiary/aromatic N) is 1. The van der Waals surface area contributed by atoms with Crippen molar-refractivity contribution in [2.75, 3.05) is 13.1 Å². The van der Waals surface area contributed by atoms with E-state index in [2.05, 4.69) is 23.3 Å². The molecule has 26 heavy (non-hydrogen) atoms. The Morgan fingerprint density at radius 2 is 1.65 bits per heavy atom. The van der Waals surface area contributed by atoms with Crippen molar-refractivity contribution in [1.29, 1.82) is 0 Å². The molecule has 0 radical (unpaired) electrons. The molecule has 0 saturated carbocycles. The molecule has 2 heterocycles. The van der Waals surface area contributed by atoms with Crippen molar-refractivity contribution in [1.82, 2.24) is 9.29 Å². The SMILES string of the molecule is O=S(=O)(/C=C/c1ccccc1)N1CCC(c2c[nH]c3ccccc23)CC1. The normalized spacial score (nSPS) is 17.2. The van der Waals surface area contributed by atoms with Crippen molar-refractivity contribution in [3.05, 3.63) is 77.3 Å². The molecular formula is C21H22N2O2S. The summed E-state index contributed by atoms with van der Waals surface area (Å²) in [5.41, 5.74) is 3.34. The number of nitrogens with one attached hydrogen (secondary N) is 1. The van der Waals surface area contributed by atoms with E-state index in [4.69, 9.17) is 0 Å². The van der Waals surface area contributed by atoms with Crippen LogP contribution in [0.15, 0.2) is 66.2 Å². The third-order valence-electron chi connectivity index (χ3n) is 5.11. The predicted molar refractivity (Wildman–Crippen MR) is 106 cm³/mol. The summed E-state index contributed by atoms with van der Waals surface area (Å²) in [6, 6.07) is 17.8. The summed E-state index contributed by atoms with van der Waals surface area (Å²) < 4.78 is 26.8. The maximum Gasteiger partial charge on any atom is 0.236 e. The number of para-hydroxylation sites is 1. The quantitative estimate of drug-likeness (QED) is 0.746. The van der Waals surface area contributed by atoms with Crippen molar-refractivity contribution in [2.24, 2.45) is 0 Å². The summed E-state index contributed by atoms with van der Waals surface area (Å²) in [5.74, 6) is 0.399. The van der Waals surface area contributed by atoms with Gasteiger partial charge in [0.15, 0.2) is 0 Å². The van der Waals surface area contributed by atoms with Crippen LogP contribution in [0.3, 0.4) is 0 Å². The van der Waals surface area contributed by atoms with Crippen LogP contribution < -0.4 is 0 Å². The van der Waals surface area contributed by atoms with Crippen LogP contribution in [0.2, 0.25) is 0 Å². The molecule has 0 atom stereocenters. The summed E-state index contributed by atoms with van der Waals surface area (Å²) in [6.07, 6.45) is 5.44. The minimum absolute atomic E-state index is 0.399. The van der Waals surface area contributed by atoms with Gasteiger partial charge in [0.25, 0.3) is 0 Å². The van der Waals surface area contributed by atoms with Crippen LogP contribution in [0.5, 0.6) is 0 Å². The topological polar surface area (TPSA) is 53.2 Å². The van der Waals surface area contributed by atoms with Gasteiger partial charge in [0.1, 0.15) is 0 Å². The Morgan fingerprint density at radius 3 is 2.42 bits per heavy atom. The monoisotopic (exact) mass is 366 g/mol. The number of aromatic nitrogens is 1. The van der Waals surface area contributed by atoms with Crippen LogP contribution in [-0.4, -0.2) is 30.8 Å². The molecule has 3 aromatic rings. The molecule has 134 valence electrons. The van der Waals surface area contributed by atoms with Gasteiger partial charge in [0.05, 0.1) is 0 Å². The zero-order valence-electron chi connectivity index (χ0n) is 14.5. The first-order valence-electron chi connectivity index (χ1n) is 8.93. The molecule has 1 aliphatic rings. The van der Waals surface area contributed by atoms with E-state index >= 15 is 0 Å². The van der Waals surface area contributed by atoms with Gasteiger partial charge in [-0.2, -0.15) is 4.31 Å². The van der Waals surface area contributed by atoms with Gasteiger partial charge < -0.3 is 4.98 Å². The van der Waals surface area contributed by atoms with E-state index in [1.165, 1.54) is 16.4 Å². The smallest absolute Gasteiger partial charge is 0.236 e. The average Bonchev–Trinajstić information content (AvgIpc) is 3.12. The van der Waals surface area contributed by atoms with Crippen molar-refractivity contribution in [2.45, 2.75) is 18.8 Å². The lowest BCUT2D eigenvalue weighted by atomic mass is 9.90. The fourth-order valence-electron chi connectivity index (χ4n) is 3.67. The van der Waals surface area contributed by atoms with E-state index in [0.717, 1.165) is 23.9 Å². The fourth-order valence-corrected chi connectivity index (χ4v) is 4.89. The average molecular weight is 366 g/mol. The van der Waals surface area contributed by atoms with Gasteiger partial charge in [-0.15, -0.1) is 0 Å². The zero-order chi connectivity index (χ0) is 18.0. The molecule has 1 aliphatic heterocycles. The number of hydrogen-bond acceptors (Lipinski definition) is 2. The first kappa shape index (κ1) is 17.1. The number of benzene rings is 2. The Hall–Kier alpha value is -2.37. The molecule has 0 aliphatic carbocycles. The van der Waals surface area contributed by atoms with Gasteiger partial charge in [-0.25, -0.2) is 8.42 Å². The molecule has 1 N–H and O–H groups in total. The largest absolute Gasteiger partial charge is 0.361 e. The van der Waals surface area contributed by atoms with Crippen molar-refractivity contribution in [3.8, 4) is 0 Å². The molecular weight excluding hydrogens is 344 g/mol. The van der Waals surface area contributed by atoms with Gasteiger partial charge in [-0.1, -0.05) is 48.5 Å². The number of piperidine rings is 1. The molecule has 0 bridgehead atoms. The van der Waals surface area contributed by atoms with Crippen LogP contribution in [0.4, 0.5) is 0 Å². The van der Waals surface area contributed by atoms with E-state index in [1.807, 2.05) is 42.5 Å². The van der Waals surface area contributed by atoms with Gasteiger partial charge in [0, 0.05) is 35.6 Å². The molecule has 1 saturated heterocycles. The van der Waals surface area contributed by atoms with E-state index in [9.17, 15) is 8.42 Å². The van der Waals surface area contributed by atoms with E-state index in [-0.39, 0.29) is 0 Å². The van der Waals surface area contributed by atoms with Gasteiger partial charge in [-0.05, 0) is 42.0 Å². The van der Waals surface area contributed by atoms with Crippen LogP contribution in [0, 0.1) is 0 Å². The standard InChI is InChI=1S/C21H22N2O2S/c24-26(25,15-12-17-6-2-1-3-7-17)23-13-10-18(11-14-23)20-16-22-21-9-5-4-8-19(20)21/h1-9,12,15-16,18,22H,10-11,13-14H2/b15-12+. The molecule has 1 aromatic heterocycles. The highest BCUT2D eigenvalue weighted by atomic mass is 32.2. The third kappa shape index (κ3) is 3.45. The maximum atomic E-state index is 12.6. The Bertz CT molecular complexity index is 1010. The molecule has 0 unspecified atom stereocenters. The Morgan fingerprint density at radius 1 is 0.962 bits per heavy atom. The number of H-pyrrole nitrogens is 1. The van der Waals surface area contributed by atoms with Gasteiger partial charge >= 0.3 is 0 Å². The van der Waals surface area contributed by atoms with Crippen LogP contribution in [0.1, 0.15) is 29.9 Å². The molecule has 0 amide bonds. The van der Waals surface area contributed by atoms with E-state index in [1.54, 1.807) is 10.4 Å². The van der Waals surface area contributed by atoms with Crippen molar-refractivity contribution < 1.29 is 8.42 Å². The summed E-state index contributed by atoms with van der Waals surface area (Å²) in [5, 5.41) is 2.58. The predicted octanol–water partition coefficient (Wildman–Crippen LogP) is 4.35. The second-order valence-electron chi connectivity index (χ2n) is 6.72. The second-order valence-corrected chi connectivity index (χ2v) is 8.54. The summed E-state index contributed by atoms with van der Waals surface area (Å²) in [7, 11) is -3.37. The third-order valence-corrected chi connectivity index (χ3v) is 6.67. The highest BCUT2D eigenvalue weighted by molar-refractivity contribution is 7.92. The van der Waals surface area contributed by atoms with Crippen LogP contribution in [0.25, 0.3) is 17.0 Å². The Kier molecular flexibility index (Phi) is 4.66. The fraction of sp³-hybridized carbons (Fsp3) is 0.238. The van der Waals surface area contributed by atoms with Crippen molar-refractivity contribution >= 4 is 27.0 Å². The van der Waals surface area contributed by atoms with Gasteiger partial charge in [0.2, 0.25) is 10.0 Å². The minimum atomic E-state index is -3.37. The Balaban J connectivity index is 1.45. The zero-order valence-corrected chi connectivity index (χ0v) is 15.3. The summed E-state index contributed by atoms with van der Waals surface area (Å²) in [4.78, 5) is 3.32. The molecule has 5 heteroatoms. The number of rotatable bonds is 4. The molecule has 0 spiro atoms. The van der Waals surface area contributed by atoms with E-state index in [0.29, 0.717) is 19.0 Å². The molecule has 1 fully saturated rings. The maximum absolute atomic E-state index is 12.6. The number of sulfonamides is 1. The number of hydrogen-bond donors (Lipinski definition) is 1. The lowest BCUT2D eigenvalue weighted by Crippen LogP contribution is -2.36. The molecule has 4 nitrogen and oxygen atoms in total. The van der Waals surface area contributed by atoms with Gasteiger partial charge in [-0.3, -0.25) is 0 Å². The van der Waals surface area contributed by atoms with Crippen molar-refractivity contribution in [3.63, 3.8) is 0 Å². The second kappa shape index (κ2) is 7.09. The van der Waals surface area contributed by atoms with Crippen LogP contribution in [-0.2, 0) is 10.0 Å². The van der Waals surface area contributed by atoms with Crippen LogP contribution >= 0.6 is 0 Å². The Labute approximate surface area is 154 Å². The first-order chi connectivity index (χ1) is 12.6. The number of fused-ring (bicyclic) bond motifs is 1. The highest BCUT2D eigenvalue weighted by Crippen LogP contribution is 2.33. The lowest BCUT2D eigenvalue weighted by molar-refractivity contribution is 0.323. The lowest BCUT2D eigenvalue weighted by Gasteiger charge is -2.30. The number of aromatic amines is 1. The summed E-state index contributed by atoms with van der Waals surface area (Å²) in [6.45, 7) is 1.12.